The highest BCUT2D eigenvalue weighted by atomic mass is 19.1. The average molecular weight is 458 g/mol. The molecule has 2 heterocycles. The molecule has 1 aliphatic rings. The Labute approximate surface area is 188 Å². The second-order valence-corrected chi connectivity index (χ2v) is 7.42. The largest absolute Gasteiger partial charge is 0.465 e. The number of carbonyl (C=O) groups is 3. The number of nitrogens with two attached hydrogens (primary N) is 1. The molecule has 1 aromatic carbocycles. The van der Waals surface area contributed by atoms with Crippen LogP contribution in [0.5, 0.6) is 0 Å². The molecule has 1 unspecified atom stereocenters. The molecule has 3 atom stereocenters. The first-order chi connectivity index (χ1) is 15.8. The number of nitrogens with one attached hydrogen (secondary N) is 1. The van der Waals surface area contributed by atoms with E-state index in [4.69, 9.17) is 10.5 Å². The smallest absolute Gasteiger partial charge is 0.409 e. The Morgan fingerprint density at radius 1 is 1.45 bits per heavy atom. The Morgan fingerprint density at radius 2 is 2.15 bits per heavy atom. The number of aromatic nitrogens is 2. The van der Waals surface area contributed by atoms with Crippen LogP contribution < -0.4 is 11.1 Å². The molecule has 33 heavy (non-hydrogen) atoms. The van der Waals surface area contributed by atoms with Crippen molar-refractivity contribution in [2.75, 3.05) is 18.5 Å². The number of benzene rings is 1. The molecule has 0 aliphatic carbocycles. The van der Waals surface area contributed by atoms with Crippen LogP contribution in [0.4, 0.5) is 20.7 Å². The van der Waals surface area contributed by atoms with E-state index in [9.17, 15) is 29.1 Å². The van der Waals surface area contributed by atoms with E-state index < -0.39 is 35.5 Å². The van der Waals surface area contributed by atoms with E-state index in [1.807, 2.05) is 0 Å². The van der Waals surface area contributed by atoms with Gasteiger partial charge in [-0.1, -0.05) is 0 Å². The van der Waals surface area contributed by atoms with Crippen LogP contribution in [-0.4, -0.2) is 57.0 Å². The van der Waals surface area contributed by atoms with Gasteiger partial charge in [0, 0.05) is 25.0 Å². The van der Waals surface area contributed by atoms with Gasteiger partial charge >= 0.3 is 6.09 Å². The second kappa shape index (κ2) is 9.66. The SMILES string of the molecule is CCOC1(CC=O)[C@@H](n2cc(C(N)=O)c(Nc3ccc(F)cc3)n2)[C@H](C#N)CCN1C(=O)O. The number of piperidine rings is 1. The van der Waals surface area contributed by atoms with E-state index in [0.717, 1.165) is 4.90 Å². The van der Waals surface area contributed by atoms with Gasteiger partial charge in [-0.15, -0.1) is 0 Å². The topological polar surface area (TPSA) is 164 Å². The molecule has 174 valence electrons. The van der Waals surface area contributed by atoms with Crippen LogP contribution in [0.2, 0.25) is 0 Å². The Bertz CT molecular complexity index is 1080. The first-order valence-corrected chi connectivity index (χ1v) is 10.2. The molecule has 4 N–H and O–H groups in total. The van der Waals surface area contributed by atoms with Crippen LogP contribution in [0.15, 0.2) is 30.5 Å². The van der Waals surface area contributed by atoms with E-state index >= 15 is 0 Å². The lowest BCUT2D eigenvalue weighted by Gasteiger charge is -2.50. The summed E-state index contributed by atoms with van der Waals surface area (Å²) in [6, 6.07) is 6.38. The molecule has 2 amide bonds. The molecular formula is C21H23FN6O5. The fourth-order valence-electron chi connectivity index (χ4n) is 4.17. The number of nitrogens with zero attached hydrogens (tertiary/aromatic N) is 4. The molecule has 12 heteroatoms. The maximum absolute atomic E-state index is 13.2. The fraction of sp³-hybridized carbons (Fsp3) is 0.381. The van der Waals surface area contributed by atoms with Crippen molar-refractivity contribution in [3.63, 3.8) is 0 Å². The van der Waals surface area contributed by atoms with Gasteiger partial charge < -0.3 is 25.7 Å². The predicted octanol–water partition coefficient (Wildman–Crippen LogP) is 2.25. The van der Waals surface area contributed by atoms with Gasteiger partial charge in [0.15, 0.2) is 11.5 Å². The van der Waals surface area contributed by atoms with E-state index in [1.165, 1.54) is 35.1 Å². The van der Waals surface area contributed by atoms with Gasteiger partial charge in [-0.25, -0.2) is 9.18 Å². The number of aldehydes is 1. The minimum Gasteiger partial charge on any atom is -0.465 e. The van der Waals surface area contributed by atoms with Crippen molar-refractivity contribution in [2.24, 2.45) is 11.7 Å². The highest BCUT2D eigenvalue weighted by molar-refractivity contribution is 5.98. The summed E-state index contributed by atoms with van der Waals surface area (Å²) in [6.45, 7) is 1.67. The van der Waals surface area contributed by atoms with Crippen LogP contribution >= 0.6 is 0 Å². The van der Waals surface area contributed by atoms with Crippen LogP contribution in [0, 0.1) is 23.1 Å². The predicted molar refractivity (Wildman–Crippen MR) is 113 cm³/mol. The average Bonchev–Trinajstić information content (AvgIpc) is 3.18. The van der Waals surface area contributed by atoms with Crippen molar-refractivity contribution >= 4 is 29.8 Å². The fourth-order valence-corrected chi connectivity index (χ4v) is 4.17. The Balaban J connectivity index is 2.15. The zero-order valence-electron chi connectivity index (χ0n) is 17.8. The number of nitriles is 1. The Morgan fingerprint density at radius 3 is 2.70 bits per heavy atom. The zero-order chi connectivity index (χ0) is 24.2. The lowest BCUT2D eigenvalue weighted by atomic mass is 9.82. The maximum atomic E-state index is 13.2. The van der Waals surface area contributed by atoms with Crippen molar-refractivity contribution in [3.05, 3.63) is 41.8 Å². The van der Waals surface area contributed by atoms with E-state index in [2.05, 4.69) is 16.5 Å². The lowest BCUT2D eigenvalue weighted by Crippen LogP contribution is -2.63. The molecule has 0 radical (unpaired) electrons. The third-order valence-corrected chi connectivity index (χ3v) is 5.52. The molecule has 1 aliphatic heterocycles. The zero-order valence-corrected chi connectivity index (χ0v) is 17.8. The minimum absolute atomic E-state index is 0.0229. The quantitative estimate of drug-likeness (QED) is 0.507. The molecule has 0 saturated carbocycles. The molecule has 1 fully saturated rings. The van der Waals surface area contributed by atoms with E-state index in [0.29, 0.717) is 12.0 Å². The highest BCUT2D eigenvalue weighted by Crippen LogP contribution is 2.44. The standard InChI is InChI=1S/C21H23FN6O5/c1-2-33-21(8-10-29)17(13(11-23)7-9-27(21)20(31)32)28-12-16(18(24)30)19(26-28)25-15-5-3-14(22)4-6-15/h3-6,10,12-13,17H,2,7-9H2,1H3,(H2,24,30)(H,25,26)(H,31,32)/t13-,17-,21?/m0/s1. The molecule has 2 aromatic rings. The number of rotatable bonds is 8. The summed E-state index contributed by atoms with van der Waals surface area (Å²) in [4.78, 5) is 36.8. The van der Waals surface area contributed by atoms with Crippen molar-refractivity contribution < 1.29 is 28.6 Å². The van der Waals surface area contributed by atoms with E-state index in [1.54, 1.807) is 6.92 Å². The molecule has 1 aromatic heterocycles. The monoisotopic (exact) mass is 458 g/mol. The van der Waals surface area contributed by atoms with Crippen molar-refractivity contribution in [3.8, 4) is 6.07 Å². The number of hydrogen-bond acceptors (Lipinski definition) is 7. The number of hydrogen-bond donors (Lipinski definition) is 3. The van der Waals surface area contributed by atoms with Gasteiger partial charge in [0.1, 0.15) is 23.7 Å². The summed E-state index contributed by atoms with van der Waals surface area (Å²) >= 11 is 0. The van der Waals surface area contributed by atoms with Crippen molar-refractivity contribution in [1.82, 2.24) is 14.7 Å². The molecule has 3 rings (SSSR count). The third-order valence-electron chi connectivity index (χ3n) is 5.52. The number of amides is 2. The summed E-state index contributed by atoms with van der Waals surface area (Å²) in [6.07, 6.45) is 0.288. The Kier molecular flexibility index (Phi) is 6.93. The number of likely N-dealkylation sites (tertiary alicyclic amines) is 1. The number of ether oxygens (including phenoxy) is 1. The summed E-state index contributed by atoms with van der Waals surface area (Å²) in [5.41, 5.74) is 4.16. The molecule has 1 saturated heterocycles. The third kappa shape index (κ3) is 4.49. The molecule has 0 spiro atoms. The molecule has 0 bridgehead atoms. The van der Waals surface area contributed by atoms with Gasteiger partial charge in [0.05, 0.1) is 18.4 Å². The molecular weight excluding hydrogens is 435 g/mol. The van der Waals surface area contributed by atoms with Gasteiger partial charge in [0.25, 0.3) is 5.91 Å². The molecule has 11 nitrogen and oxygen atoms in total. The number of primary amides is 1. The highest BCUT2D eigenvalue weighted by Gasteiger charge is 2.55. The van der Waals surface area contributed by atoms with Gasteiger partial charge in [-0.3, -0.25) is 14.4 Å². The van der Waals surface area contributed by atoms with Crippen molar-refractivity contribution in [2.45, 2.75) is 31.5 Å². The first kappa shape index (κ1) is 23.7. The van der Waals surface area contributed by atoms with Crippen LogP contribution in [0.25, 0.3) is 0 Å². The first-order valence-electron chi connectivity index (χ1n) is 10.2. The second-order valence-electron chi connectivity index (χ2n) is 7.42. The summed E-state index contributed by atoms with van der Waals surface area (Å²) in [5, 5.41) is 26.9. The Hall–Kier alpha value is -3.98. The number of carbonyl (C=O) groups excluding carboxylic acids is 2. The number of anilines is 2. The van der Waals surface area contributed by atoms with Crippen LogP contribution in [0.1, 0.15) is 36.2 Å². The number of halogens is 1. The van der Waals surface area contributed by atoms with Gasteiger partial charge in [-0.2, -0.15) is 10.4 Å². The number of carboxylic acid groups (broad SMARTS) is 1. The van der Waals surface area contributed by atoms with Crippen LogP contribution in [0.3, 0.4) is 0 Å². The van der Waals surface area contributed by atoms with E-state index in [-0.39, 0.29) is 37.4 Å². The van der Waals surface area contributed by atoms with Gasteiger partial charge in [-0.05, 0) is 37.6 Å². The summed E-state index contributed by atoms with van der Waals surface area (Å²) in [5.74, 6) is -2.05. The van der Waals surface area contributed by atoms with Crippen molar-refractivity contribution in [1.29, 1.82) is 5.26 Å². The summed E-state index contributed by atoms with van der Waals surface area (Å²) < 4.78 is 20.3. The maximum Gasteiger partial charge on any atom is 0.409 e. The van der Waals surface area contributed by atoms with Gasteiger partial charge in [0.2, 0.25) is 0 Å². The normalized spacial score (nSPS) is 22.4. The van der Waals surface area contributed by atoms with Crippen LogP contribution in [-0.2, 0) is 9.53 Å². The summed E-state index contributed by atoms with van der Waals surface area (Å²) in [7, 11) is 0. The lowest BCUT2D eigenvalue weighted by molar-refractivity contribution is -0.197. The minimum atomic E-state index is -1.73.